The predicted octanol–water partition coefficient (Wildman–Crippen LogP) is 2.33. The summed E-state index contributed by atoms with van der Waals surface area (Å²) in [5, 5.41) is 0. The molecular formula is C20H28N2O3. The molecule has 1 aromatic rings. The van der Waals surface area contributed by atoms with E-state index >= 15 is 0 Å². The highest BCUT2D eigenvalue weighted by Crippen LogP contribution is 2.37. The van der Waals surface area contributed by atoms with Crippen LogP contribution < -0.4 is 9.47 Å². The lowest BCUT2D eigenvalue weighted by molar-refractivity contribution is -0.138. The Kier molecular flexibility index (Phi) is 4.59. The van der Waals surface area contributed by atoms with Crippen LogP contribution in [0, 0.1) is 5.92 Å². The molecule has 0 radical (unpaired) electrons. The van der Waals surface area contributed by atoms with Crippen LogP contribution in [-0.2, 0) is 11.2 Å². The van der Waals surface area contributed by atoms with Gasteiger partial charge in [0.05, 0.1) is 13.0 Å². The molecule has 3 atom stereocenters. The van der Waals surface area contributed by atoms with Crippen LogP contribution in [0.1, 0.15) is 31.2 Å². The van der Waals surface area contributed by atoms with Crippen LogP contribution in [0.2, 0.25) is 0 Å². The summed E-state index contributed by atoms with van der Waals surface area (Å²) in [5.74, 6) is 1.76. The first kappa shape index (κ1) is 16.7. The van der Waals surface area contributed by atoms with Gasteiger partial charge in [0.1, 0.15) is 6.61 Å². The van der Waals surface area contributed by atoms with Crippen molar-refractivity contribution in [3.63, 3.8) is 0 Å². The molecule has 3 heterocycles. The average Bonchev–Trinajstić information content (AvgIpc) is 3.28. The zero-order valence-corrected chi connectivity index (χ0v) is 15.2. The number of carbonyl (C=O) groups excluding carboxylic acids is 1. The van der Waals surface area contributed by atoms with E-state index in [0.717, 1.165) is 49.4 Å². The van der Waals surface area contributed by atoms with Gasteiger partial charge in [-0.3, -0.25) is 4.79 Å². The minimum atomic E-state index is -0.0769. The van der Waals surface area contributed by atoms with Gasteiger partial charge >= 0.3 is 0 Å². The van der Waals surface area contributed by atoms with E-state index in [4.69, 9.17) is 9.47 Å². The molecule has 0 aliphatic carbocycles. The van der Waals surface area contributed by atoms with Gasteiger partial charge in [-0.1, -0.05) is 12.1 Å². The largest absolute Gasteiger partial charge is 0.493 e. The number of ether oxygens (including phenoxy) is 2. The van der Waals surface area contributed by atoms with Crippen molar-refractivity contribution in [2.45, 2.75) is 44.2 Å². The number of methoxy groups -OCH3 is 1. The second-order valence-electron chi connectivity index (χ2n) is 7.59. The number of hydrogen-bond acceptors (Lipinski definition) is 4. The van der Waals surface area contributed by atoms with Gasteiger partial charge in [0.25, 0.3) is 0 Å². The van der Waals surface area contributed by atoms with E-state index in [9.17, 15) is 4.79 Å². The summed E-state index contributed by atoms with van der Waals surface area (Å²) in [7, 11) is 3.86. The monoisotopic (exact) mass is 344 g/mol. The number of likely N-dealkylation sites (tertiary alicyclic amines) is 2. The fourth-order valence-electron chi connectivity index (χ4n) is 4.84. The van der Waals surface area contributed by atoms with Crippen molar-refractivity contribution < 1.29 is 14.3 Å². The maximum atomic E-state index is 13.2. The van der Waals surface area contributed by atoms with Gasteiger partial charge in [0, 0.05) is 18.6 Å². The first-order chi connectivity index (χ1) is 12.2. The van der Waals surface area contributed by atoms with Crippen LogP contribution in [0.3, 0.4) is 0 Å². The van der Waals surface area contributed by atoms with E-state index in [1.165, 1.54) is 12.8 Å². The molecule has 0 bridgehead atoms. The quantitative estimate of drug-likeness (QED) is 0.844. The number of rotatable bonds is 3. The molecule has 0 saturated carbocycles. The number of benzene rings is 1. The summed E-state index contributed by atoms with van der Waals surface area (Å²) in [6, 6.07) is 6.84. The van der Waals surface area contributed by atoms with Gasteiger partial charge in [-0.25, -0.2) is 0 Å². The van der Waals surface area contributed by atoms with Gasteiger partial charge in [-0.2, -0.15) is 0 Å². The first-order valence-electron chi connectivity index (χ1n) is 9.48. The van der Waals surface area contributed by atoms with E-state index in [0.29, 0.717) is 18.7 Å². The zero-order chi connectivity index (χ0) is 17.4. The zero-order valence-electron chi connectivity index (χ0n) is 15.2. The highest BCUT2D eigenvalue weighted by atomic mass is 16.5. The highest BCUT2D eigenvalue weighted by molar-refractivity contribution is 5.80. The van der Waals surface area contributed by atoms with Crippen LogP contribution in [0.15, 0.2) is 18.2 Å². The minimum Gasteiger partial charge on any atom is -0.493 e. The maximum Gasteiger partial charge on any atom is 0.229 e. The summed E-state index contributed by atoms with van der Waals surface area (Å²) in [5.41, 5.74) is 1.08. The van der Waals surface area contributed by atoms with Crippen molar-refractivity contribution in [1.82, 2.24) is 9.80 Å². The third kappa shape index (κ3) is 2.99. The molecule has 2 fully saturated rings. The Hall–Kier alpha value is -1.75. The molecule has 1 amide bonds. The van der Waals surface area contributed by atoms with E-state index in [1.54, 1.807) is 7.11 Å². The Balaban J connectivity index is 1.49. The van der Waals surface area contributed by atoms with E-state index in [-0.39, 0.29) is 11.8 Å². The Morgan fingerprint density at radius 3 is 2.76 bits per heavy atom. The topological polar surface area (TPSA) is 42.0 Å². The minimum absolute atomic E-state index is 0.0769. The number of para-hydroxylation sites is 1. The van der Waals surface area contributed by atoms with Crippen LogP contribution in [0.5, 0.6) is 11.5 Å². The third-order valence-corrected chi connectivity index (χ3v) is 6.13. The number of hydrogen-bond donors (Lipinski definition) is 0. The second-order valence-corrected chi connectivity index (χ2v) is 7.59. The lowest BCUT2D eigenvalue weighted by Gasteiger charge is -2.36. The lowest BCUT2D eigenvalue weighted by Crippen LogP contribution is -2.50. The standard InChI is InChI=1S/C20H28N2O3/c1-21-10-4-7-16(21)17-8-5-11-22(17)20(23)15-12-14-6-3-9-18(24-2)19(14)25-13-15/h3,6,9,15-17H,4-5,7-8,10-13H2,1-2H3/t15-,16-,17-/m1/s1. The third-order valence-electron chi connectivity index (χ3n) is 6.13. The van der Waals surface area contributed by atoms with Gasteiger partial charge in [0.2, 0.25) is 5.91 Å². The average molecular weight is 344 g/mol. The number of carbonyl (C=O) groups is 1. The molecular weight excluding hydrogens is 316 g/mol. The molecule has 3 aliphatic heterocycles. The lowest BCUT2D eigenvalue weighted by atomic mass is 9.94. The van der Waals surface area contributed by atoms with Crippen molar-refractivity contribution in [2.24, 2.45) is 5.92 Å². The number of fused-ring (bicyclic) bond motifs is 1. The summed E-state index contributed by atoms with van der Waals surface area (Å²) < 4.78 is 11.3. The summed E-state index contributed by atoms with van der Waals surface area (Å²) >= 11 is 0. The molecule has 0 N–H and O–H groups in total. The number of likely N-dealkylation sites (N-methyl/N-ethyl adjacent to an activating group) is 1. The second kappa shape index (κ2) is 6.87. The van der Waals surface area contributed by atoms with Gasteiger partial charge in [-0.15, -0.1) is 0 Å². The predicted molar refractivity (Wildman–Crippen MR) is 96.1 cm³/mol. The fourth-order valence-corrected chi connectivity index (χ4v) is 4.84. The Morgan fingerprint density at radius 1 is 1.20 bits per heavy atom. The molecule has 5 heteroatoms. The van der Waals surface area contributed by atoms with E-state index in [2.05, 4.69) is 16.8 Å². The molecule has 2 saturated heterocycles. The molecule has 136 valence electrons. The summed E-state index contributed by atoms with van der Waals surface area (Å²) in [6.45, 7) is 2.51. The Bertz CT molecular complexity index is 648. The molecule has 0 unspecified atom stereocenters. The normalized spacial score (nSPS) is 29.4. The van der Waals surface area contributed by atoms with Crippen molar-refractivity contribution in [1.29, 1.82) is 0 Å². The summed E-state index contributed by atoms with van der Waals surface area (Å²) in [4.78, 5) is 17.8. The Labute approximate surface area is 149 Å². The first-order valence-corrected chi connectivity index (χ1v) is 9.48. The van der Waals surface area contributed by atoms with Crippen molar-refractivity contribution in [2.75, 3.05) is 33.9 Å². The van der Waals surface area contributed by atoms with Gasteiger partial charge in [-0.05, 0) is 57.3 Å². The van der Waals surface area contributed by atoms with Crippen LogP contribution in [0.25, 0.3) is 0 Å². The molecule has 0 spiro atoms. The summed E-state index contributed by atoms with van der Waals surface area (Å²) in [6.07, 6.45) is 5.47. The molecule has 1 aromatic carbocycles. The van der Waals surface area contributed by atoms with Gasteiger partial charge in [0.15, 0.2) is 11.5 Å². The molecule has 5 nitrogen and oxygen atoms in total. The molecule has 4 rings (SSSR count). The Morgan fingerprint density at radius 2 is 2.00 bits per heavy atom. The van der Waals surface area contributed by atoms with E-state index < -0.39 is 0 Å². The van der Waals surface area contributed by atoms with Crippen molar-refractivity contribution in [3.8, 4) is 11.5 Å². The van der Waals surface area contributed by atoms with E-state index in [1.807, 2.05) is 18.2 Å². The van der Waals surface area contributed by atoms with Crippen LogP contribution >= 0.6 is 0 Å². The number of amides is 1. The fraction of sp³-hybridized carbons (Fsp3) is 0.650. The highest BCUT2D eigenvalue weighted by Gasteiger charge is 2.41. The van der Waals surface area contributed by atoms with Crippen molar-refractivity contribution in [3.05, 3.63) is 23.8 Å². The molecule has 0 aromatic heterocycles. The number of nitrogens with zero attached hydrogens (tertiary/aromatic N) is 2. The van der Waals surface area contributed by atoms with Crippen LogP contribution in [0.4, 0.5) is 0 Å². The molecule has 25 heavy (non-hydrogen) atoms. The smallest absolute Gasteiger partial charge is 0.229 e. The van der Waals surface area contributed by atoms with Crippen molar-refractivity contribution >= 4 is 5.91 Å². The van der Waals surface area contributed by atoms with Crippen LogP contribution in [-0.4, -0.2) is 61.6 Å². The van der Waals surface area contributed by atoms with Gasteiger partial charge < -0.3 is 19.3 Å². The molecule has 3 aliphatic rings. The maximum absolute atomic E-state index is 13.2. The SMILES string of the molecule is COc1cccc2c1OC[C@H](C(=O)N1CCC[C@@H]1[C@H]1CCCN1C)C2.